The molecular weight excluding hydrogens is 274 g/mol. The number of hydrogen-bond acceptors (Lipinski definition) is 3. The van der Waals surface area contributed by atoms with Crippen LogP contribution in [0.25, 0.3) is 0 Å². The first-order valence-corrected chi connectivity index (χ1v) is 7.15. The van der Waals surface area contributed by atoms with Crippen molar-refractivity contribution >= 4 is 17.3 Å². The lowest BCUT2D eigenvalue weighted by molar-refractivity contribution is -0.116. The van der Waals surface area contributed by atoms with E-state index < -0.39 is 6.04 Å². The molecule has 2 N–H and O–H groups in total. The number of carbonyl (C=O) groups is 1. The van der Waals surface area contributed by atoms with Crippen LogP contribution < -0.4 is 10.6 Å². The normalized spacial score (nSPS) is 11.4. The monoisotopic (exact) mass is 293 g/mol. The summed E-state index contributed by atoms with van der Waals surface area (Å²) in [6.07, 6.45) is 0. The van der Waals surface area contributed by atoms with Crippen molar-refractivity contribution in [2.45, 2.75) is 26.8 Å². The molecule has 0 fully saturated rings. The fourth-order valence-electron chi connectivity index (χ4n) is 2.20. The molecule has 0 saturated heterocycles. The van der Waals surface area contributed by atoms with Crippen LogP contribution >= 0.6 is 0 Å². The Labute approximate surface area is 130 Å². The van der Waals surface area contributed by atoms with E-state index in [2.05, 4.69) is 22.8 Å². The van der Waals surface area contributed by atoms with E-state index in [9.17, 15) is 4.79 Å². The molecule has 0 aliphatic carbocycles. The minimum Gasteiger partial charge on any atom is -0.374 e. The molecule has 0 saturated carbocycles. The quantitative estimate of drug-likeness (QED) is 0.905. The lowest BCUT2D eigenvalue weighted by Crippen LogP contribution is -2.32. The highest BCUT2D eigenvalue weighted by Crippen LogP contribution is 2.18. The van der Waals surface area contributed by atoms with Gasteiger partial charge >= 0.3 is 0 Å². The largest absolute Gasteiger partial charge is 0.374 e. The van der Waals surface area contributed by atoms with Crippen molar-refractivity contribution in [3.05, 3.63) is 59.2 Å². The van der Waals surface area contributed by atoms with E-state index >= 15 is 0 Å². The summed E-state index contributed by atoms with van der Waals surface area (Å²) in [5, 5.41) is 15.0. The van der Waals surface area contributed by atoms with Gasteiger partial charge in [0.25, 0.3) is 0 Å². The van der Waals surface area contributed by atoms with Crippen LogP contribution in [0.5, 0.6) is 0 Å². The van der Waals surface area contributed by atoms with E-state index in [-0.39, 0.29) is 5.91 Å². The van der Waals surface area contributed by atoms with Gasteiger partial charge in [-0.3, -0.25) is 4.79 Å². The molecule has 0 aliphatic heterocycles. The molecule has 2 aromatic carbocycles. The zero-order valence-electron chi connectivity index (χ0n) is 13.0. The second-order valence-corrected chi connectivity index (χ2v) is 5.33. The Balaban J connectivity index is 2.08. The fraction of sp³-hybridized carbons (Fsp3) is 0.222. The maximum atomic E-state index is 12.3. The van der Waals surface area contributed by atoms with Crippen molar-refractivity contribution in [3.8, 4) is 6.07 Å². The highest BCUT2D eigenvalue weighted by Gasteiger charge is 2.15. The number of amides is 1. The fourth-order valence-corrected chi connectivity index (χ4v) is 2.20. The highest BCUT2D eigenvalue weighted by molar-refractivity contribution is 5.97. The Morgan fingerprint density at radius 3 is 2.55 bits per heavy atom. The maximum Gasteiger partial charge on any atom is 0.246 e. The molecule has 2 aromatic rings. The smallest absolute Gasteiger partial charge is 0.246 e. The van der Waals surface area contributed by atoms with E-state index in [1.807, 2.05) is 26.0 Å². The molecule has 0 heterocycles. The summed E-state index contributed by atoms with van der Waals surface area (Å²) < 4.78 is 0. The van der Waals surface area contributed by atoms with Crippen molar-refractivity contribution in [2.75, 3.05) is 10.6 Å². The van der Waals surface area contributed by atoms with Crippen LogP contribution in [-0.2, 0) is 4.79 Å². The molecule has 112 valence electrons. The van der Waals surface area contributed by atoms with Gasteiger partial charge in [0.05, 0.1) is 11.3 Å². The predicted octanol–water partition coefficient (Wildman–Crippen LogP) is 3.61. The third-order valence-electron chi connectivity index (χ3n) is 3.45. The second kappa shape index (κ2) is 6.77. The van der Waals surface area contributed by atoms with Crippen LogP contribution in [0, 0.1) is 25.2 Å². The van der Waals surface area contributed by atoms with Crippen molar-refractivity contribution in [1.82, 2.24) is 0 Å². The summed E-state index contributed by atoms with van der Waals surface area (Å²) in [5.41, 5.74) is 4.20. The zero-order chi connectivity index (χ0) is 16.1. The molecule has 4 heteroatoms. The van der Waals surface area contributed by atoms with E-state index in [4.69, 9.17) is 5.26 Å². The second-order valence-electron chi connectivity index (χ2n) is 5.33. The van der Waals surface area contributed by atoms with Crippen LogP contribution in [-0.4, -0.2) is 11.9 Å². The Bertz CT molecular complexity index is 731. The Hall–Kier alpha value is -2.80. The average Bonchev–Trinajstić information content (AvgIpc) is 2.50. The number of aryl methyl sites for hydroxylation is 2. The Kier molecular flexibility index (Phi) is 4.80. The summed E-state index contributed by atoms with van der Waals surface area (Å²) in [6, 6.07) is 14.7. The summed E-state index contributed by atoms with van der Waals surface area (Å²) >= 11 is 0. The number of nitrogens with one attached hydrogen (secondary N) is 2. The number of rotatable bonds is 4. The number of para-hydroxylation sites is 1. The molecule has 0 spiro atoms. The first-order chi connectivity index (χ1) is 10.5. The van der Waals surface area contributed by atoms with E-state index in [0.717, 1.165) is 11.3 Å². The number of hydrogen-bond donors (Lipinski definition) is 2. The van der Waals surface area contributed by atoms with Gasteiger partial charge in [0.2, 0.25) is 5.91 Å². The van der Waals surface area contributed by atoms with Gasteiger partial charge in [-0.1, -0.05) is 29.8 Å². The number of nitrogens with zero attached hydrogens (tertiary/aromatic N) is 1. The van der Waals surface area contributed by atoms with Gasteiger partial charge in [0.15, 0.2) is 0 Å². The minimum atomic E-state index is -0.409. The molecule has 0 aromatic heterocycles. The van der Waals surface area contributed by atoms with Crippen LogP contribution in [0.3, 0.4) is 0 Å². The van der Waals surface area contributed by atoms with Crippen molar-refractivity contribution in [3.63, 3.8) is 0 Å². The Morgan fingerprint density at radius 1 is 1.14 bits per heavy atom. The molecule has 22 heavy (non-hydrogen) atoms. The SMILES string of the molecule is Cc1ccc(N[C@@H](C)C(=O)Nc2ccccc2C#N)c(C)c1. The molecule has 0 unspecified atom stereocenters. The summed E-state index contributed by atoms with van der Waals surface area (Å²) in [6.45, 7) is 5.83. The topological polar surface area (TPSA) is 64.9 Å². The van der Waals surface area contributed by atoms with Crippen molar-refractivity contribution in [2.24, 2.45) is 0 Å². The number of nitriles is 1. The molecule has 2 rings (SSSR count). The number of carbonyl (C=O) groups excluding carboxylic acids is 1. The average molecular weight is 293 g/mol. The van der Waals surface area contributed by atoms with Crippen LogP contribution in [0.15, 0.2) is 42.5 Å². The standard InChI is InChI=1S/C18H19N3O/c1-12-8-9-16(13(2)10-12)20-14(3)18(22)21-17-7-5-4-6-15(17)11-19/h4-10,14,20H,1-3H3,(H,21,22)/t14-/m0/s1. The van der Waals surface area contributed by atoms with Crippen LogP contribution in [0.2, 0.25) is 0 Å². The molecule has 0 radical (unpaired) electrons. The lowest BCUT2D eigenvalue weighted by atomic mass is 10.1. The zero-order valence-corrected chi connectivity index (χ0v) is 13.0. The predicted molar refractivity (Wildman–Crippen MR) is 88.8 cm³/mol. The molecule has 0 bridgehead atoms. The first kappa shape index (κ1) is 15.6. The van der Waals surface area contributed by atoms with Crippen LogP contribution in [0.1, 0.15) is 23.6 Å². The van der Waals surface area contributed by atoms with Gasteiger partial charge in [-0.05, 0) is 44.5 Å². The van der Waals surface area contributed by atoms with Crippen molar-refractivity contribution < 1.29 is 4.79 Å². The number of anilines is 2. The first-order valence-electron chi connectivity index (χ1n) is 7.15. The molecular formula is C18H19N3O. The number of benzene rings is 2. The lowest BCUT2D eigenvalue weighted by Gasteiger charge is -2.17. The maximum absolute atomic E-state index is 12.3. The third kappa shape index (κ3) is 3.64. The minimum absolute atomic E-state index is 0.178. The van der Waals surface area contributed by atoms with Gasteiger partial charge in [0, 0.05) is 5.69 Å². The summed E-state index contributed by atoms with van der Waals surface area (Å²) in [5.74, 6) is -0.178. The Morgan fingerprint density at radius 2 is 1.86 bits per heavy atom. The van der Waals surface area contributed by atoms with Gasteiger partial charge < -0.3 is 10.6 Å². The molecule has 1 atom stereocenters. The summed E-state index contributed by atoms with van der Waals surface area (Å²) in [4.78, 5) is 12.3. The third-order valence-corrected chi connectivity index (χ3v) is 3.45. The van der Waals surface area contributed by atoms with E-state index in [1.54, 1.807) is 31.2 Å². The van der Waals surface area contributed by atoms with E-state index in [0.29, 0.717) is 11.3 Å². The van der Waals surface area contributed by atoms with Gasteiger partial charge in [-0.2, -0.15) is 5.26 Å². The van der Waals surface area contributed by atoms with Gasteiger partial charge in [-0.15, -0.1) is 0 Å². The highest BCUT2D eigenvalue weighted by atomic mass is 16.2. The van der Waals surface area contributed by atoms with Gasteiger partial charge in [-0.25, -0.2) is 0 Å². The van der Waals surface area contributed by atoms with E-state index in [1.165, 1.54) is 5.56 Å². The van der Waals surface area contributed by atoms with Crippen LogP contribution in [0.4, 0.5) is 11.4 Å². The summed E-state index contributed by atoms with van der Waals surface area (Å²) in [7, 11) is 0. The molecule has 0 aliphatic rings. The molecule has 1 amide bonds. The van der Waals surface area contributed by atoms with Crippen molar-refractivity contribution in [1.29, 1.82) is 5.26 Å². The van der Waals surface area contributed by atoms with Gasteiger partial charge in [0.1, 0.15) is 12.1 Å². The molecule has 4 nitrogen and oxygen atoms in total.